The fraction of sp³-hybridized carbons (Fsp3) is 0.143. The fourth-order valence-corrected chi connectivity index (χ4v) is 1.86. The summed E-state index contributed by atoms with van der Waals surface area (Å²) in [6.07, 6.45) is -4.47. The molecule has 0 atom stereocenters. The summed E-state index contributed by atoms with van der Waals surface area (Å²) < 4.78 is 51.6. The van der Waals surface area contributed by atoms with Crippen molar-refractivity contribution in [1.29, 1.82) is 0 Å². The topological polar surface area (TPSA) is 26.0 Å². The van der Waals surface area contributed by atoms with E-state index in [-0.39, 0.29) is 17.7 Å². The fourth-order valence-electron chi connectivity index (χ4n) is 1.86. The molecule has 0 spiro atoms. The molecule has 0 fully saturated rings. The van der Waals surface area contributed by atoms with Gasteiger partial charge in [-0.25, -0.2) is 4.39 Å². The Morgan fingerprint density at radius 3 is 2.16 bits per heavy atom. The molecular formula is C14H11F4N. The van der Waals surface area contributed by atoms with E-state index in [1.165, 1.54) is 30.3 Å². The molecule has 2 rings (SSSR count). The van der Waals surface area contributed by atoms with Gasteiger partial charge >= 0.3 is 6.18 Å². The monoisotopic (exact) mass is 269 g/mol. The normalized spacial score (nSPS) is 11.6. The van der Waals surface area contributed by atoms with Crippen molar-refractivity contribution in [3.05, 3.63) is 65.0 Å². The lowest BCUT2D eigenvalue weighted by molar-refractivity contribution is -0.136. The minimum atomic E-state index is -4.50. The summed E-state index contributed by atoms with van der Waals surface area (Å²) in [6.45, 7) is 0. The predicted molar refractivity (Wildman–Crippen MR) is 65.1 cm³/mol. The molecule has 0 bridgehead atoms. The predicted octanol–water partition coefficient (Wildman–Crippen LogP) is 4.02. The van der Waals surface area contributed by atoms with E-state index in [0.717, 1.165) is 6.07 Å². The Kier molecular flexibility index (Phi) is 3.46. The molecule has 5 heteroatoms. The van der Waals surface area contributed by atoms with Gasteiger partial charge in [-0.15, -0.1) is 0 Å². The SMILES string of the molecule is Nc1c(Cc2ccccc2F)cccc1C(F)(F)F. The first-order valence-corrected chi connectivity index (χ1v) is 5.57. The summed E-state index contributed by atoms with van der Waals surface area (Å²) in [5.74, 6) is -0.459. The molecule has 0 saturated heterocycles. The third-order valence-electron chi connectivity index (χ3n) is 2.84. The zero-order chi connectivity index (χ0) is 14.0. The highest BCUT2D eigenvalue weighted by molar-refractivity contribution is 5.56. The second kappa shape index (κ2) is 4.91. The number of hydrogen-bond donors (Lipinski definition) is 1. The second-order valence-electron chi connectivity index (χ2n) is 4.14. The van der Waals surface area contributed by atoms with Crippen molar-refractivity contribution >= 4 is 5.69 Å². The van der Waals surface area contributed by atoms with E-state index in [4.69, 9.17) is 5.73 Å². The molecule has 0 aromatic heterocycles. The number of nitrogens with two attached hydrogens (primary N) is 1. The zero-order valence-electron chi connectivity index (χ0n) is 9.84. The van der Waals surface area contributed by atoms with Crippen LogP contribution in [0.2, 0.25) is 0 Å². The molecule has 0 unspecified atom stereocenters. The molecule has 2 aromatic rings. The van der Waals surface area contributed by atoms with E-state index >= 15 is 0 Å². The van der Waals surface area contributed by atoms with Gasteiger partial charge in [-0.1, -0.05) is 30.3 Å². The van der Waals surface area contributed by atoms with E-state index < -0.39 is 17.6 Å². The third-order valence-corrected chi connectivity index (χ3v) is 2.84. The van der Waals surface area contributed by atoms with Crippen LogP contribution in [0.25, 0.3) is 0 Å². The molecule has 1 nitrogen and oxygen atoms in total. The zero-order valence-corrected chi connectivity index (χ0v) is 9.84. The Morgan fingerprint density at radius 1 is 0.895 bits per heavy atom. The van der Waals surface area contributed by atoms with Gasteiger partial charge in [0.25, 0.3) is 0 Å². The Bertz CT molecular complexity index is 590. The quantitative estimate of drug-likeness (QED) is 0.646. The van der Waals surface area contributed by atoms with Crippen molar-refractivity contribution in [2.45, 2.75) is 12.6 Å². The maximum absolute atomic E-state index is 13.5. The molecule has 0 aliphatic carbocycles. The van der Waals surface area contributed by atoms with Gasteiger partial charge in [0.1, 0.15) is 5.82 Å². The first-order chi connectivity index (χ1) is 8.89. The van der Waals surface area contributed by atoms with Crippen LogP contribution >= 0.6 is 0 Å². The van der Waals surface area contributed by atoms with Gasteiger partial charge in [0, 0.05) is 12.1 Å². The van der Waals surface area contributed by atoms with E-state index in [2.05, 4.69) is 0 Å². The van der Waals surface area contributed by atoms with Crippen LogP contribution in [0.1, 0.15) is 16.7 Å². The summed E-state index contributed by atoms with van der Waals surface area (Å²) in [7, 11) is 0. The summed E-state index contributed by atoms with van der Waals surface area (Å²) in [5, 5.41) is 0. The average Bonchev–Trinajstić information content (AvgIpc) is 2.33. The van der Waals surface area contributed by atoms with Crippen molar-refractivity contribution in [2.75, 3.05) is 5.73 Å². The minimum Gasteiger partial charge on any atom is -0.398 e. The summed E-state index contributed by atoms with van der Waals surface area (Å²) >= 11 is 0. The van der Waals surface area contributed by atoms with Gasteiger partial charge in [0.15, 0.2) is 0 Å². The highest BCUT2D eigenvalue weighted by Gasteiger charge is 2.33. The second-order valence-corrected chi connectivity index (χ2v) is 4.14. The molecule has 0 radical (unpaired) electrons. The Morgan fingerprint density at radius 2 is 1.53 bits per heavy atom. The highest BCUT2D eigenvalue weighted by Crippen LogP contribution is 2.35. The van der Waals surface area contributed by atoms with Crippen molar-refractivity contribution in [2.24, 2.45) is 0 Å². The third kappa shape index (κ3) is 2.86. The lowest BCUT2D eigenvalue weighted by Gasteiger charge is -2.13. The number of anilines is 1. The van der Waals surface area contributed by atoms with Crippen LogP contribution in [0.15, 0.2) is 42.5 Å². The van der Waals surface area contributed by atoms with Crippen LogP contribution in [-0.4, -0.2) is 0 Å². The van der Waals surface area contributed by atoms with Crippen molar-refractivity contribution in [3.8, 4) is 0 Å². The smallest absolute Gasteiger partial charge is 0.398 e. The van der Waals surface area contributed by atoms with Crippen LogP contribution in [0.4, 0.5) is 23.2 Å². The molecule has 100 valence electrons. The van der Waals surface area contributed by atoms with Crippen LogP contribution in [0, 0.1) is 5.82 Å². The maximum atomic E-state index is 13.5. The molecule has 0 amide bonds. The first kappa shape index (κ1) is 13.4. The van der Waals surface area contributed by atoms with E-state index in [9.17, 15) is 17.6 Å². The van der Waals surface area contributed by atoms with Crippen LogP contribution in [0.5, 0.6) is 0 Å². The van der Waals surface area contributed by atoms with Crippen molar-refractivity contribution < 1.29 is 17.6 Å². The van der Waals surface area contributed by atoms with E-state index in [1.807, 2.05) is 0 Å². The molecule has 2 aromatic carbocycles. The lowest BCUT2D eigenvalue weighted by Crippen LogP contribution is -2.11. The Hall–Kier alpha value is -2.04. The van der Waals surface area contributed by atoms with Gasteiger partial charge in [0.05, 0.1) is 5.56 Å². The molecule has 0 heterocycles. The number of nitrogen functional groups attached to an aromatic ring is 1. The van der Waals surface area contributed by atoms with E-state index in [0.29, 0.717) is 5.56 Å². The number of halogens is 4. The van der Waals surface area contributed by atoms with Gasteiger partial charge < -0.3 is 5.73 Å². The van der Waals surface area contributed by atoms with E-state index in [1.54, 1.807) is 6.07 Å². The molecule has 19 heavy (non-hydrogen) atoms. The molecule has 0 aliphatic heterocycles. The van der Waals surface area contributed by atoms with Gasteiger partial charge in [-0.3, -0.25) is 0 Å². The van der Waals surface area contributed by atoms with Gasteiger partial charge in [0.2, 0.25) is 0 Å². The summed E-state index contributed by atoms with van der Waals surface area (Å²) in [5.41, 5.74) is 4.87. The molecular weight excluding hydrogens is 258 g/mol. The van der Waals surface area contributed by atoms with Crippen molar-refractivity contribution in [3.63, 3.8) is 0 Å². The molecule has 2 N–H and O–H groups in total. The van der Waals surface area contributed by atoms with Crippen LogP contribution in [-0.2, 0) is 12.6 Å². The first-order valence-electron chi connectivity index (χ1n) is 5.57. The van der Waals surface area contributed by atoms with Gasteiger partial charge in [-0.05, 0) is 23.3 Å². The molecule has 0 aliphatic rings. The lowest BCUT2D eigenvalue weighted by atomic mass is 10.00. The van der Waals surface area contributed by atoms with Crippen LogP contribution < -0.4 is 5.73 Å². The number of para-hydroxylation sites is 1. The number of benzene rings is 2. The Labute approximate surface area is 107 Å². The largest absolute Gasteiger partial charge is 0.418 e. The molecule has 0 saturated carbocycles. The maximum Gasteiger partial charge on any atom is 0.418 e. The Balaban J connectivity index is 2.40. The number of rotatable bonds is 2. The minimum absolute atomic E-state index is 0.0302. The summed E-state index contributed by atoms with van der Waals surface area (Å²) in [4.78, 5) is 0. The van der Waals surface area contributed by atoms with Gasteiger partial charge in [-0.2, -0.15) is 13.2 Å². The standard InChI is InChI=1S/C14H11F4N/c15-12-7-2-1-4-9(12)8-10-5-3-6-11(13(10)19)14(16,17)18/h1-7H,8,19H2. The van der Waals surface area contributed by atoms with Crippen LogP contribution in [0.3, 0.4) is 0 Å². The highest BCUT2D eigenvalue weighted by atomic mass is 19.4. The number of alkyl halides is 3. The average molecular weight is 269 g/mol. The summed E-state index contributed by atoms with van der Waals surface area (Å²) in [6, 6.07) is 9.59. The number of hydrogen-bond acceptors (Lipinski definition) is 1. The van der Waals surface area contributed by atoms with Crippen molar-refractivity contribution in [1.82, 2.24) is 0 Å².